The molecule has 0 bridgehead atoms. The van der Waals surface area contributed by atoms with E-state index in [-0.39, 0.29) is 0 Å². The van der Waals surface area contributed by atoms with Crippen LogP contribution in [0.4, 0.5) is 0 Å². The molecule has 102 valence electrons. The molecule has 1 spiro atoms. The molecule has 3 fully saturated rings. The Morgan fingerprint density at radius 3 is 2.74 bits per heavy atom. The number of rotatable bonds is 1. The Balaban J connectivity index is 1.68. The Labute approximate surface area is 115 Å². The smallest absolute Gasteiger partial charge is 0.0732 e. The van der Waals surface area contributed by atoms with Gasteiger partial charge >= 0.3 is 0 Å². The monoisotopic (exact) mass is 257 g/mol. The number of hydrogen-bond acceptors (Lipinski definition) is 2. The maximum absolute atomic E-state index is 6.20. The van der Waals surface area contributed by atoms with Crippen molar-refractivity contribution in [3.63, 3.8) is 0 Å². The lowest BCUT2D eigenvalue weighted by Gasteiger charge is -2.49. The van der Waals surface area contributed by atoms with Gasteiger partial charge < -0.3 is 0 Å². The predicted octanol–water partition coefficient (Wildman–Crippen LogP) is 4.09. The van der Waals surface area contributed by atoms with Crippen molar-refractivity contribution in [2.24, 2.45) is 5.92 Å². The van der Waals surface area contributed by atoms with Gasteiger partial charge in [-0.15, -0.1) is 0 Å². The molecule has 1 aromatic carbocycles. The number of hydrogen-bond donors (Lipinski definition) is 0. The van der Waals surface area contributed by atoms with Gasteiger partial charge in [0, 0.05) is 5.92 Å². The van der Waals surface area contributed by atoms with E-state index in [1.165, 1.54) is 50.5 Å². The lowest BCUT2D eigenvalue weighted by Crippen LogP contribution is -2.53. The third-order valence-corrected chi connectivity index (χ3v) is 5.58. The first-order chi connectivity index (χ1) is 9.40. The summed E-state index contributed by atoms with van der Waals surface area (Å²) in [5.74, 6) is 0.785. The summed E-state index contributed by atoms with van der Waals surface area (Å²) in [7, 11) is 0. The van der Waals surface area contributed by atoms with Crippen LogP contribution < -0.4 is 0 Å². The maximum Gasteiger partial charge on any atom is 0.0732 e. The summed E-state index contributed by atoms with van der Waals surface area (Å²) in [5.41, 5.74) is 1.81. The van der Waals surface area contributed by atoms with Crippen LogP contribution in [-0.4, -0.2) is 17.2 Å². The number of benzene rings is 1. The highest BCUT2D eigenvalue weighted by atomic mass is 16.7. The molecular weight excluding hydrogens is 234 g/mol. The van der Waals surface area contributed by atoms with Crippen LogP contribution >= 0.6 is 0 Å². The van der Waals surface area contributed by atoms with Crippen molar-refractivity contribution in [2.75, 3.05) is 6.61 Å². The Morgan fingerprint density at radius 2 is 1.84 bits per heavy atom. The van der Waals surface area contributed by atoms with Gasteiger partial charge in [-0.25, -0.2) is 0 Å². The Bertz CT molecular complexity index is 442. The van der Waals surface area contributed by atoms with Gasteiger partial charge in [-0.1, -0.05) is 43.2 Å². The van der Waals surface area contributed by atoms with Crippen LogP contribution in [0.3, 0.4) is 0 Å². The average Bonchev–Trinajstić information content (AvgIpc) is 2.87. The average molecular weight is 257 g/mol. The Morgan fingerprint density at radius 1 is 1.00 bits per heavy atom. The Hall–Kier alpha value is -0.860. The van der Waals surface area contributed by atoms with Crippen LogP contribution in [0.15, 0.2) is 30.3 Å². The van der Waals surface area contributed by atoms with Gasteiger partial charge in [0.2, 0.25) is 0 Å². The molecule has 2 heterocycles. The van der Waals surface area contributed by atoms with Crippen LogP contribution in [0.25, 0.3) is 0 Å². The summed E-state index contributed by atoms with van der Waals surface area (Å²) >= 11 is 0. The summed E-state index contributed by atoms with van der Waals surface area (Å²) in [6.45, 7) is 0.962. The normalized spacial score (nSPS) is 38.7. The van der Waals surface area contributed by atoms with Crippen molar-refractivity contribution in [2.45, 2.75) is 56.5 Å². The van der Waals surface area contributed by atoms with Crippen molar-refractivity contribution < 1.29 is 4.84 Å². The van der Waals surface area contributed by atoms with E-state index in [4.69, 9.17) is 4.84 Å². The standard InChI is InChI=1S/C17H23NO/c1-2-7-14(8-3-1)16-10-6-12-17-11-5-4-9-15(17)13-19-18(16)17/h1-3,7-8,15-16H,4-6,9-13H2/t15-,16+,17+/m0/s1. The predicted molar refractivity (Wildman–Crippen MR) is 75.5 cm³/mol. The lowest BCUT2D eigenvalue weighted by molar-refractivity contribution is -0.216. The van der Waals surface area contributed by atoms with E-state index in [0.717, 1.165) is 12.5 Å². The van der Waals surface area contributed by atoms with Gasteiger partial charge in [0.1, 0.15) is 0 Å². The van der Waals surface area contributed by atoms with Gasteiger partial charge in [-0.2, -0.15) is 5.06 Å². The zero-order valence-electron chi connectivity index (χ0n) is 11.6. The number of piperidine rings is 1. The first kappa shape index (κ1) is 11.9. The highest BCUT2D eigenvalue weighted by molar-refractivity contribution is 5.21. The fourth-order valence-electron chi connectivity index (χ4n) is 4.66. The number of nitrogens with zero attached hydrogens (tertiary/aromatic N) is 1. The maximum atomic E-state index is 6.20. The highest BCUT2D eigenvalue weighted by Crippen LogP contribution is 2.53. The van der Waals surface area contributed by atoms with Crippen molar-refractivity contribution in [1.82, 2.24) is 5.06 Å². The second-order valence-electron chi connectivity index (χ2n) is 6.49. The van der Waals surface area contributed by atoms with Gasteiger partial charge in [0.05, 0.1) is 18.2 Å². The molecule has 0 radical (unpaired) electrons. The van der Waals surface area contributed by atoms with Crippen LogP contribution in [0.2, 0.25) is 0 Å². The molecule has 1 aromatic rings. The highest BCUT2D eigenvalue weighted by Gasteiger charge is 2.54. The fourth-order valence-corrected chi connectivity index (χ4v) is 4.66. The van der Waals surface area contributed by atoms with E-state index in [0.29, 0.717) is 11.6 Å². The van der Waals surface area contributed by atoms with E-state index >= 15 is 0 Å². The quantitative estimate of drug-likeness (QED) is 0.751. The molecule has 3 aliphatic rings. The minimum absolute atomic E-state index is 0.372. The van der Waals surface area contributed by atoms with Crippen LogP contribution in [-0.2, 0) is 4.84 Å². The third-order valence-electron chi connectivity index (χ3n) is 5.58. The molecule has 19 heavy (non-hydrogen) atoms. The van der Waals surface area contributed by atoms with Crippen LogP contribution in [0.1, 0.15) is 56.6 Å². The summed E-state index contributed by atoms with van der Waals surface area (Å²) in [6, 6.07) is 11.4. The zero-order chi connectivity index (χ0) is 12.7. The number of hydroxylamine groups is 2. The molecule has 0 aromatic heterocycles. The van der Waals surface area contributed by atoms with Crippen molar-refractivity contribution in [3.8, 4) is 0 Å². The molecule has 2 nitrogen and oxygen atoms in total. The van der Waals surface area contributed by atoms with E-state index in [9.17, 15) is 0 Å². The van der Waals surface area contributed by atoms with Gasteiger partial charge in [0.25, 0.3) is 0 Å². The van der Waals surface area contributed by atoms with E-state index in [1.807, 2.05) is 0 Å². The summed E-state index contributed by atoms with van der Waals surface area (Å²) in [6.07, 6.45) is 9.46. The molecule has 0 N–H and O–H groups in total. The molecule has 1 saturated carbocycles. The lowest BCUT2D eigenvalue weighted by atomic mass is 9.68. The molecule has 2 aliphatic heterocycles. The first-order valence-electron chi connectivity index (χ1n) is 7.87. The van der Waals surface area contributed by atoms with Crippen molar-refractivity contribution >= 4 is 0 Å². The molecular formula is C17H23NO. The third kappa shape index (κ3) is 1.77. The minimum Gasteiger partial charge on any atom is -0.297 e. The Kier molecular flexibility index (Phi) is 2.89. The fraction of sp³-hybridized carbons (Fsp3) is 0.647. The summed E-state index contributed by atoms with van der Waals surface area (Å²) in [5, 5.41) is 2.43. The molecule has 2 saturated heterocycles. The second-order valence-corrected chi connectivity index (χ2v) is 6.49. The largest absolute Gasteiger partial charge is 0.297 e. The minimum atomic E-state index is 0.372. The van der Waals surface area contributed by atoms with Crippen molar-refractivity contribution in [3.05, 3.63) is 35.9 Å². The molecule has 1 aliphatic carbocycles. The topological polar surface area (TPSA) is 12.5 Å². The molecule has 3 atom stereocenters. The van der Waals surface area contributed by atoms with Gasteiger partial charge in [-0.3, -0.25) is 4.84 Å². The first-order valence-corrected chi connectivity index (χ1v) is 7.87. The van der Waals surface area contributed by atoms with E-state index in [2.05, 4.69) is 35.4 Å². The summed E-state index contributed by atoms with van der Waals surface area (Å²) < 4.78 is 0. The molecule has 0 unspecified atom stereocenters. The van der Waals surface area contributed by atoms with Crippen LogP contribution in [0.5, 0.6) is 0 Å². The molecule has 2 heteroatoms. The SMILES string of the molecule is c1ccc([C@H]2CCC[C@]34CCCC[C@H]3CON24)cc1. The zero-order valence-corrected chi connectivity index (χ0v) is 11.6. The van der Waals surface area contributed by atoms with Gasteiger partial charge in [-0.05, 0) is 37.7 Å². The van der Waals surface area contributed by atoms with E-state index < -0.39 is 0 Å². The summed E-state index contributed by atoms with van der Waals surface area (Å²) in [4.78, 5) is 6.20. The second kappa shape index (κ2) is 4.60. The molecule has 4 rings (SSSR count). The molecule has 0 amide bonds. The van der Waals surface area contributed by atoms with Crippen LogP contribution in [0, 0.1) is 5.92 Å². The van der Waals surface area contributed by atoms with E-state index in [1.54, 1.807) is 0 Å². The van der Waals surface area contributed by atoms with Crippen molar-refractivity contribution in [1.29, 1.82) is 0 Å². The van der Waals surface area contributed by atoms with Gasteiger partial charge in [0.15, 0.2) is 0 Å².